The Labute approximate surface area is 197 Å². The van der Waals surface area contributed by atoms with E-state index < -0.39 is 52.0 Å². The number of para-hydroxylation sites is 1. The van der Waals surface area contributed by atoms with Crippen LogP contribution in [0.2, 0.25) is 0 Å². The molecule has 3 nitrogen and oxygen atoms in total. The van der Waals surface area contributed by atoms with Crippen molar-refractivity contribution >= 4 is 5.97 Å². The molecule has 0 radical (unpaired) electrons. The molecule has 0 aromatic heterocycles. The summed E-state index contributed by atoms with van der Waals surface area (Å²) in [5.41, 5.74) is -1.46. The van der Waals surface area contributed by atoms with Gasteiger partial charge in [0, 0.05) is 12.5 Å². The van der Waals surface area contributed by atoms with Crippen molar-refractivity contribution in [1.29, 1.82) is 0 Å². The molecular weight excluding hydrogens is 474 g/mol. The summed E-state index contributed by atoms with van der Waals surface area (Å²) in [6, 6.07) is 10.2. The van der Waals surface area contributed by atoms with Gasteiger partial charge < -0.3 is 9.47 Å². The van der Waals surface area contributed by atoms with E-state index in [0.29, 0.717) is 13.3 Å². The van der Waals surface area contributed by atoms with E-state index >= 15 is 0 Å². The average Bonchev–Trinajstić information content (AvgIpc) is 2.83. The molecule has 0 aliphatic heterocycles. The van der Waals surface area contributed by atoms with E-state index in [1.807, 2.05) is 5.92 Å². The highest BCUT2D eigenvalue weighted by Crippen LogP contribution is 2.34. The fourth-order valence-electron chi connectivity index (χ4n) is 2.95. The van der Waals surface area contributed by atoms with Crippen LogP contribution in [0.1, 0.15) is 47.3 Å². The summed E-state index contributed by atoms with van der Waals surface area (Å²) >= 11 is 0. The van der Waals surface area contributed by atoms with Crippen molar-refractivity contribution in [2.75, 3.05) is 6.61 Å². The fourth-order valence-corrected chi connectivity index (χ4v) is 2.95. The summed E-state index contributed by atoms with van der Waals surface area (Å²) in [6.07, 6.45) is 0.366. The number of esters is 1. The smallest absolute Gasteiger partial charge is 0.343 e. The second kappa shape index (κ2) is 10.6. The fraction of sp³-hybridized carbons (Fsp3) is 0.192. The van der Waals surface area contributed by atoms with Gasteiger partial charge >= 0.3 is 5.97 Å². The molecule has 0 unspecified atom stereocenters. The summed E-state index contributed by atoms with van der Waals surface area (Å²) in [4.78, 5) is 12.4. The number of alkyl halides is 2. The minimum Gasteiger partial charge on any atom is -0.487 e. The van der Waals surface area contributed by atoms with Gasteiger partial charge in [-0.05, 0) is 42.8 Å². The van der Waals surface area contributed by atoms with E-state index in [-0.39, 0.29) is 23.5 Å². The quantitative estimate of drug-likeness (QED) is 0.125. The third kappa shape index (κ3) is 5.77. The first-order valence-corrected chi connectivity index (χ1v) is 10.3. The van der Waals surface area contributed by atoms with Crippen LogP contribution in [0.25, 0.3) is 0 Å². The Kier molecular flexibility index (Phi) is 7.75. The van der Waals surface area contributed by atoms with E-state index in [0.717, 1.165) is 6.07 Å². The zero-order valence-corrected chi connectivity index (χ0v) is 18.5. The Hall–Kier alpha value is -3.93. The van der Waals surface area contributed by atoms with Crippen molar-refractivity contribution in [2.45, 2.75) is 26.2 Å². The number of rotatable bonds is 6. The van der Waals surface area contributed by atoms with E-state index in [1.165, 1.54) is 42.5 Å². The molecule has 0 bridgehead atoms. The summed E-state index contributed by atoms with van der Waals surface area (Å²) in [5, 5.41) is 0. The van der Waals surface area contributed by atoms with Crippen LogP contribution in [-0.4, -0.2) is 12.6 Å². The van der Waals surface area contributed by atoms with Crippen LogP contribution < -0.4 is 9.47 Å². The van der Waals surface area contributed by atoms with Crippen molar-refractivity contribution in [2.24, 2.45) is 0 Å². The molecule has 35 heavy (non-hydrogen) atoms. The lowest BCUT2D eigenvalue weighted by molar-refractivity contribution is 0.0147. The minimum atomic E-state index is -3.24. The van der Waals surface area contributed by atoms with Gasteiger partial charge in [0.25, 0.3) is 5.92 Å². The Balaban J connectivity index is 1.82. The number of carbonyl (C=O) groups is 1. The molecule has 3 aromatic rings. The van der Waals surface area contributed by atoms with Crippen molar-refractivity contribution in [3.05, 3.63) is 94.1 Å². The number of halogens is 6. The normalized spacial score (nSPS) is 11.0. The molecule has 0 fully saturated rings. The molecule has 0 aliphatic rings. The molecular formula is C26H18F6O3. The lowest BCUT2D eigenvalue weighted by Crippen LogP contribution is -2.14. The van der Waals surface area contributed by atoms with Crippen LogP contribution in [0.5, 0.6) is 11.5 Å². The Morgan fingerprint density at radius 1 is 0.886 bits per heavy atom. The maximum absolute atomic E-state index is 14.2. The molecule has 0 saturated heterocycles. The first kappa shape index (κ1) is 25.7. The molecule has 0 saturated carbocycles. The maximum atomic E-state index is 14.2. The molecule has 182 valence electrons. The highest BCUT2D eigenvalue weighted by atomic mass is 19.3. The molecule has 0 heterocycles. The lowest BCUT2D eigenvalue weighted by atomic mass is 10.1. The molecule has 0 aliphatic carbocycles. The number of ether oxygens (including phenoxy) is 2. The Bertz CT molecular complexity index is 1270. The summed E-state index contributed by atoms with van der Waals surface area (Å²) < 4.78 is 93.9. The molecule has 0 amide bonds. The van der Waals surface area contributed by atoms with E-state index in [4.69, 9.17) is 9.47 Å². The number of benzene rings is 3. The van der Waals surface area contributed by atoms with E-state index in [2.05, 4.69) is 5.92 Å². The molecule has 0 spiro atoms. The van der Waals surface area contributed by atoms with E-state index in [9.17, 15) is 31.1 Å². The summed E-state index contributed by atoms with van der Waals surface area (Å²) in [7, 11) is 0. The number of hydrogen-bond acceptors (Lipinski definition) is 3. The van der Waals surface area contributed by atoms with Crippen LogP contribution in [-0.2, 0) is 5.92 Å². The van der Waals surface area contributed by atoms with Gasteiger partial charge in [0.2, 0.25) is 11.6 Å². The number of carbonyl (C=O) groups excluding carboxylic acids is 1. The zero-order valence-electron chi connectivity index (χ0n) is 18.5. The minimum absolute atomic E-state index is 0.0170. The van der Waals surface area contributed by atoms with Gasteiger partial charge in [0.15, 0.2) is 17.4 Å². The van der Waals surface area contributed by atoms with Gasteiger partial charge in [-0.25, -0.2) is 22.4 Å². The third-order valence-corrected chi connectivity index (χ3v) is 4.69. The van der Waals surface area contributed by atoms with Gasteiger partial charge in [0.05, 0.1) is 17.7 Å². The van der Waals surface area contributed by atoms with Crippen LogP contribution >= 0.6 is 0 Å². The summed E-state index contributed by atoms with van der Waals surface area (Å²) in [5.74, 6) is -8.03. The molecule has 0 N–H and O–H groups in total. The van der Waals surface area contributed by atoms with Crippen LogP contribution in [0.15, 0.2) is 48.5 Å². The first-order chi connectivity index (χ1) is 16.5. The summed E-state index contributed by atoms with van der Waals surface area (Å²) in [6.45, 7) is 2.18. The zero-order chi connectivity index (χ0) is 25.8. The van der Waals surface area contributed by atoms with Crippen molar-refractivity contribution in [1.82, 2.24) is 0 Å². The predicted molar refractivity (Wildman–Crippen MR) is 115 cm³/mol. The van der Waals surface area contributed by atoms with Crippen LogP contribution in [0.4, 0.5) is 26.3 Å². The molecule has 3 rings (SSSR count). The molecule has 9 heteroatoms. The van der Waals surface area contributed by atoms with Gasteiger partial charge in [-0.1, -0.05) is 30.9 Å². The lowest BCUT2D eigenvalue weighted by Gasteiger charge is -2.15. The second-order valence-electron chi connectivity index (χ2n) is 7.41. The van der Waals surface area contributed by atoms with Gasteiger partial charge in [-0.2, -0.15) is 8.78 Å². The monoisotopic (exact) mass is 492 g/mol. The van der Waals surface area contributed by atoms with Gasteiger partial charge in [0.1, 0.15) is 11.3 Å². The standard InChI is InChI=1S/C26H18F6O3/c1-3-14-34-24-22(29)20(27)17(21(28)23(24)30)13-10-15-8-11-16(12-9-15)25(33)35-19-7-5-4-6-18(19)26(2,31)32/h4-9,11-12H,3,14H2,1-2H3. The van der Waals surface area contributed by atoms with Crippen molar-refractivity contribution in [3.63, 3.8) is 0 Å². The highest BCUT2D eigenvalue weighted by Gasteiger charge is 2.29. The SMILES string of the molecule is CCCOc1c(F)c(F)c(C#Cc2ccc(C(=O)Oc3ccccc3C(C)(F)F)cc2)c(F)c1F. The van der Waals surface area contributed by atoms with Gasteiger partial charge in [-0.3, -0.25) is 0 Å². The predicted octanol–water partition coefficient (Wildman–Crippen LogP) is 6.76. The van der Waals surface area contributed by atoms with Crippen LogP contribution in [0, 0.1) is 35.1 Å². The average molecular weight is 492 g/mol. The van der Waals surface area contributed by atoms with Crippen LogP contribution in [0.3, 0.4) is 0 Å². The maximum Gasteiger partial charge on any atom is 0.343 e. The largest absolute Gasteiger partial charge is 0.487 e. The van der Waals surface area contributed by atoms with Gasteiger partial charge in [-0.15, -0.1) is 0 Å². The van der Waals surface area contributed by atoms with E-state index in [1.54, 1.807) is 6.92 Å². The number of hydrogen-bond donors (Lipinski definition) is 0. The highest BCUT2D eigenvalue weighted by molar-refractivity contribution is 5.91. The second-order valence-corrected chi connectivity index (χ2v) is 7.41. The first-order valence-electron chi connectivity index (χ1n) is 10.3. The topological polar surface area (TPSA) is 35.5 Å². The third-order valence-electron chi connectivity index (χ3n) is 4.69. The van der Waals surface area contributed by atoms with Crippen molar-refractivity contribution in [3.8, 4) is 23.3 Å². The Morgan fingerprint density at radius 3 is 2.06 bits per heavy atom. The molecule has 0 atom stereocenters. The van der Waals surface area contributed by atoms with Crippen molar-refractivity contribution < 1.29 is 40.6 Å². The molecule has 3 aromatic carbocycles. The Morgan fingerprint density at radius 2 is 1.49 bits per heavy atom.